The van der Waals surface area contributed by atoms with Gasteiger partial charge in [0.05, 0.1) is 12.5 Å². The highest BCUT2D eigenvalue weighted by molar-refractivity contribution is 8.14. The van der Waals surface area contributed by atoms with Gasteiger partial charge in [-0.3, -0.25) is 14.6 Å². The lowest BCUT2D eigenvalue weighted by Crippen LogP contribution is -2.35. The van der Waals surface area contributed by atoms with Gasteiger partial charge < -0.3 is 10.2 Å². The Labute approximate surface area is 146 Å². The number of hydrogen-bond acceptors (Lipinski definition) is 4. The van der Waals surface area contributed by atoms with E-state index in [2.05, 4.69) is 29.4 Å². The zero-order chi connectivity index (χ0) is 16.9. The van der Waals surface area contributed by atoms with Crippen molar-refractivity contribution in [3.63, 3.8) is 0 Å². The number of nitrogens with zero attached hydrogens (tertiary/aromatic N) is 2. The monoisotopic (exact) mass is 345 g/mol. The Kier molecular flexibility index (Phi) is 5.56. The van der Waals surface area contributed by atoms with Crippen molar-refractivity contribution in [3.05, 3.63) is 29.8 Å². The molecule has 2 heterocycles. The zero-order valence-corrected chi connectivity index (χ0v) is 14.8. The van der Waals surface area contributed by atoms with Gasteiger partial charge in [0.15, 0.2) is 5.17 Å². The second-order valence-electron chi connectivity index (χ2n) is 6.20. The minimum atomic E-state index is -0.304. The summed E-state index contributed by atoms with van der Waals surface area (Å²) in [4.78, 5) is 30.6. The molecule has 1 aromatic rings. The summed E-state index contributed by atoms with van der Waals surface area (Å²) in [5.41, 5.74) is 2.17. The molecule has 5 nitrogen and oxygen atoms in total. The van der Waals surface area contributed by atoms with Crippen LogP contribution in [0.5, 0.6) is 0 Å². The quantitative estimate of drug-likeness (QED) is 0.892. The van der Waals surface area contributed by atoms with E-state index in [1.165, 1.54) is 18.4 Å². The fourth-order valence-electron chi connectivity index (χ4n) is 2.97. The fraction of sp³-hybridized carbons (Fsp3) is 0.500. The minimum absolute atomic E-state index is 0.0115. The van der Waals surface area contributed by atoms with Crippen LogP contribution in [0.1, 0.15) is 31.7 Å². The number of carbonyl (C=O) groups is 2. The van der Waals surface area contributed by atoms with Crippen LogP contribution in [0, 0.1) is 5.92 Å². The molecule has 128 valence electrons. The van der Waals surface area contributed by atoms with Gasteiger partial charge in [-0.05, 0) is 30.5 Å². The largest absolute Gasteiger partial charge is 0.312 e. The first-order chi connectivity index (χ1) is 11.7. The second-order valence-corrected chi connectivity index (χ2v) is 7.28. The predicted octanol–water partition coefficient (Wildman–Crippen LogP) is 2.60. The van der Waals surface area contributed by atoms with Gasteiger partial charge in [-0.15, -0.1) is 0 Å². The maximum Gasteiger partial charge on any atom is 0.231 e. The van der Waals surface area contributed by atoms with E-state index in [9.17, 15) is 9.59 Å². The molecular formula is C18H23N3O2S. The SMILES string of the molecule is CCCCc1ccc(N2CC(C(=O)NC3=NCCS3)CC2=O)cc1. The number of amidine groups is 1. The van der Waals surface area contributed by atoms with Crippen molar-refractivity contribution in [1.82, 2.24) is 5.32 Å². The maximum absolute atomic E-state index is 12.3. The van der Waals surface area contributed by atoms with Crippen LogP contribution in [0.3, 0.4) is 0 Å². The van der Waals surface area contributed by atoms with Crippen molar-refractivity contribution in [3.8, 4) is 0 Å². The van der Waals surface area contributed by atoms with Crippen molar-refractivity contribution < 1.29 is 9.59 Å². The van der Waals surface area contributed by atoms with E-state index in [4.69, 9.17) is 0 Å². The van der Waals surface area contributed by atoms with E-state index in [-0.39, 0.29) is 24.2 Å². The summed E-state index contributed by atoms with van der Waals surface area (Å²) in [6, 6.07) is 8.13. The first-order valence-electron chi connectivity index (χ1n) is 8.55. The lowest BCUT2D eigenvalue weighted by molar-refractivity contribution is -0.125. The third kappa shape index (κ3) is 3.98. The van der Waals surface area contributed by atoms with Crippen LogP contribution in [-0.4, -0.2) is 35.8 Å². The second kappa shape index (κ2) is 7.83. The number of hydrogen-bond donors (Lipinski definition) is 1. The topological polar surface area (TPSA) is 61.8 Å². The number of unbranched alkanes of at least 4 members (excludes halogenated alkanes) is 1. The lowest BCUT2D eigenvalue weighted by atomic mass is 10.1. The number of benzene rings is 1. The Bertz CT molecular complexity index is 642. The third-order valence-electron chi connectivity index (χ3n) is 4.38. The summed E-state index contributed by atoms with van der Waals surface area (Å²) in [6.07, 6.45) is 3.68. The summed E-state index contributed by atoms with van der Waals surface area (Å²) < 4.78 is 0. The molecule has 0 aliphatic carbocycles. The molecule has 0 aromatic heterocycles. The highest BCUT2D eigenvalue weighted by atomic mass is 32.2. The minimum Gasteiger partial charge on any atom is -0.312 e. The number of nitrogens with one attached hydrogen (secondary N) is 1. The Hall–Kier alpha value is -1.82. The molecule has 0 saturated carbocycles. The molecule has 6 heteroatoms. The zero-order valence-electron chi connectivity index (χ0n) is 14.0. The highest BCUT2D eigenvalue weighted by Crippen LogP contribution is 2.26. The number of thioether (sulfide) groups is 1. The molecule has 1 saturated heterocycles. The molecule has 2 aliphatic heterocycles. The Morgan fingerprint density at radius 3 is 2.83 bits per heavy atom. The number of amides is 2. The Morgan fingerprint density at radius 1 is 1.38 bits per heavy atom. The molecule has 0 radical (unpaired) electrons. The number of anilines is 1. The third-order valence-corrected chi connectivity index (χ3v) is 5.27. The maximum atomic E-state index is 12.3. The van der Waals surface area contributed by atoms with Crippen LogP contribution in [0.4, 0.5) is 5.69 Å². The van der Waals surface area contributed by atoms with E-state index < -0.39 is 0 Å². The van der Waals surface area contributed by atoms with Crippen LogP contribution in [0.2, 0.25) is 0 Å². The van der Waals surface area contributed by atoms with Crippen LogP contribution < -0.4 is 10.2 Å². The van der Waals surface area contributed by atoms with Gasteiger partial charge in [-0.25, -0.2) is 0 Å². The highest BCUT2D eigenvalue weighted by Gasteiger charge is 2.35. The molecular weight excluding hydrogens is 322 g/mol. The molecule has 1 fully saturated rings. The normalized spacial score (nSPS) is 20.4. The molecule has 3 rings (SSSR count). The molecule has 1 N–H and O–H groups in total. The molecule has 1 aromatic carbocycles. The Balaban J connectivity index is 1.60. The molecule has 0 spiro atoms. The van der Waals surface area contributed by atoms with Gasteiger partial charge in [0.25, 0.3) is 0 Å². The van der Waals surface area contributed by atoms with E-state index in [0.29, 0.717) is 11.7 Å². The average molecular weight is 345 g/mol. The molecule has 1 atom stereocenters. The van der Waals surface area contributed by atoms with Crippen molar-refractivity contribution in [1.29, 1.82) is 0 Å². The van der Waals surface area contributed by atoms with Crippen molar-refractivity contribution >= 4 is 34.4 Å². The molecule has 2 aliphatic rings. The van der Waals surface area contributed by atoms with Gasteiger partial charge in [-0.1, -0.05) is 37.2 Å². The summed E-state index contributed by atoms with van der Waals surface area (Å²) in [6.45, 7) is 3.37. The Morgan fingerprint density at radius 2 is 2.17 bits per heavy atom. The smallest absolute Gasteiger partial charge is 0.231 e. The number of aliphatic imine (C=N–C) groups is 1. The fourth-order valence-corrected chi connectivity index (χ4v) is 3.71. The first kappa shape index (κ1) is 17.0. The molecule has 2 amide bonds. The first-order valence-corrected chi connectivity index (χ1v) is 9.53. The standard InChI is InChI=1S/C18H23N3O2S/c1-2-3-4-13-5-7-15(8-6-13)21-12-14(11-16(21)22)17(23)20-18-19-9-10-24-18/h5-8,14H,2-4,9-12H2,1H3,(H,19,20,23). The van der Waals surface area contributed by atoms with Crippen molar-refractivity contribution in [2.24, 2.45) is 10.9 Å². The van der Waals surface area contributed by atoms with Crippen LogP contribution in [-0.2, 0) is 16.0 Å². The summed E-state index contributed by atoms with van der Waals surface area (Å²) >= 11 is 1.55. The number of rotatable bonds is 5. The predicted molar refractivity (Wildman–Crippen MR) is 98.4 cm³/mol. The summed E-state index contributed by atoms with van der Waals surface area (Å²) in [7, 11) is 0. The van der Waals surface area contributed by atoms with E-state index in [1.807, 2.05) is 12.1 Å². The summed E-state index contributed by atoms with van der Waals surface area (Å²) in [5.74, 6) is 0.521. The van der Waals surface area contributed by atoms with E-state index in [0.717, 1.165) is 24.4 Å². The van der Waals surface area contributed by atoms with Crippen LogP contribution >= 0.6 is 11.8 Å². The average Bonchev–Trinajstić information content (AvgIpc) is 3.23. The van der Waals surface area contributed by atoms with Gasteiger partial charge in [0.1, 0.15) is 0 Å². The van der Waals surface area contributed by atoms with Crippen LogP contribution in [0.15, 0.2) is 29.3 Å². The van der Waals surface area contributed by atoms with Crippen molar-refractivity contribution in [2.75, 3.05) is 23.7 Å². The molecule has 1 unspecified atom stereocenters. The van der Waals surface area contributed by atoms with Gasteiger partial charge in [0.2, 0.25) is 11.8 Å². The van der Waals surface area contributed by atoms with E-state index >= 15 is 0 Å². The molecule has 0 bridgehead atoms. The van der Waals surface area contributed by atoms with Crippen LogP contribution in [0.25, 0.3) is 0 Å². The van der Waals surface area contributed by atoms with Gasteiger partial charge >= 0.3 is 0 Å². The van der Waals surface area contributed by atoms with E-state index in [1.54, 1.807) is 16.7 Å². The molecule has 24 heavy (non-hydrogen) atoms. The lowest BCUT2D eigenvalue weighted by Gasteiger charge is -2.17. The summed E-state index contributed by atoms with van der Waals surface area (Å²) in [5, 5.41) is 3.53. The van der Waals surface area contributed by atoms with Gasteiger partial charge in [-0.2, -0.15) is 0 Å². The number of aryl methyl sites for hydroxylation is 1. The number of carbonyl (C=O) groups excluding carboxylic acids is 2. The van der Waals surface area contributed by atoms with Crippen molar-refractivity contribution in [2.45, 2.75) is 32.6 Å². The van der Waals surface area contributed by atoms with Gasteiger partial charge in [0, 0.05) is 24.4 Å².